The maximum absolute atomic E-state index is 12.4. The second-order valence-corrected chi connectivity index (χ2v) is 8.33. The van der Waals surface area contributed by atoms with Crippen LogP contribution in [0.15, 0.2) is 23.2 Å². The van der Waals surface area contributed by atoms with E-state index in [1.807, 2.05) is 26.8 Å². The summed E-state index contributed by atoms with van der Waals surface area (Å²) in [6.45, 7) is 11.9. The van der Waals surface area contributed by atoms with Gasteiger partial charge in [0, 0.05) is 5.41 Å². The third-order valence-corrected chi connectivity index (χ3v) is 4.85. The molecule has 0 radical (unpaired) electrons. The molecule has 0 bridgehead atoms. The summed E-state index contributed by atoms with van der Waals surface area (Å²) in [5, 5.41) is 0. The third kappa shape index (κ3) is 4.57. The first-order valence-electron chi connectivity index (χ1n) is 8.51. The molecule has 2 rings (SSSR count). The lowest BCUT2D eigenvalue weighted by molar-refractivity contribution is -0.143. The van der Waals surface area contributed by atoms with Crippen LogP contribution in [0.3, 0.4) is 0 Å². The van der Waals surface area contributed by atoms with Gasteiger partial charge in [-0.1, -0.05) is 52.0 Å². The van der Waals surface area contributed by atoms with Crippen LogP contribution < -0.4 is 4.80 Å². The van der Waals surface area contributed by atoms with E-state index in [-0.39, 0.29) is 18.4 Å². The number of aromatic nitrogens is 1. The summed E-state index contributed by atoms with van der Waals surface area (Å²) in [5.41, 5.74) is 1.54. The van der Waals surface area contributed by atoms with E-state index in [1.165, 1.54) is 16.9 Å². The van der Waals surface area contributed by atoms with Crippen LogP contribution >= 0.6 is 11.3 Å². The summed E-state index contributed by atoms with van der Waals surface area (Å²) in [6, 6.07) is 6.14. The van der Waals surface area contributed by atoms with Crippen LogP contribution in [0.4, 0.5) is 0 Å². The molecule has 0 aliphatic rings. The minimum absolute atomic E-state index is 0.0467. The number of rotatable bonds is 4. The van der Waals surface area contributed by atoms with Crippen LogP contribution in [0, 0.1) is 5.41 Å². The molecule has 5 nitrogen and oxygen atoms in total. The molecule has 0 saturated heterocycles. The summed E-state index contributed by atoms with van der Waals surface area (Å²) < 4.78 is 7.85. The van der Waals surface area contributed by atoms with Gasteiger partial charge >= 0.3 is 5.97 Å². The Labute approximate surface area is 152 Å². The van der Waals surface area contributed by atoms with Gasteiger partial charge in [-0.15, -0.1) is 0 Å². The minimum Gasteiger partial charge on any atom is -0.465 e. The highest BCUT2D eigenvalue weighted by molar-refractivity contribution is 7.16. The molecule has 0 saturated carbocycles. The number of thiazole rings is 1. The van der Waals surface area contributed by atoms with Crippen molar-refractivity contribution in [2.75, 3.05) is 6.61 Å². The molecule has 1 aromatic heterocycles. The number of esters is 1. The Bertz CT molecular complexity index is 854. The van der Waals surface area contributed by atoms with Crippen molar-refractivity contribution in [3.63, 3.8) is 0 Å². The van der Waals surface area contributed by atoms with E-state index < -0.39 is 5.41 Å². The molecule has 25 heavy (non-hydrogen) atoms. The van der Waals surface area contributed by atoms with Crippen LogP contribution in [0.2, 0.25) is 0 Å². The van der Waals surface area contributed by atoms with Gasteiger partial charge in [0.1, 0.15) is 6.54 Å². The predicted molar refractivity (Wildman–Crippen MR) is 101 cm³/mol. The molecular formula is C19H26N2O3S. The lowest BCUT2D eigenvalue weighted by atomic mass is 9.96. The first-order chi connectivity index (χ1) is 11.6. The standard InChI is InChI=1S/C19H26N2O3S/c1-7-24-16(22)11-21-14-9-8-13(12(2)3)10-15(14)25-18(21)20-17(23)19(4,5)6/h8-10,12H,7,11H2,1-6H3. The van der Waals surface area contributed by atoms with E-state index in [2.05, 4.69) is 31.0 Å². The monoisotopic (exact) mass is 362 g/mol. The SMILES string of the molecule is CCOC(=O)Cn1c(=NC(=O)C(C)(C)C)sc2cc(C(C)C)ccc21. The summed E-state index contributed by atoms with van der Waals surface area (Å²) in [7, 11) is 0. The van der Waals surface area contributed by atoms with Crippen LogP contribution in [-0.2, 0) is 20.9 Å². The average Bonchev–Trinajstić information content (AvgIpc) is 2.83. The zero-order valence-corrected chi connectivity index (χ0v) is 16.6. The molecule has 0 unspecified atom stereocenters. The molecule has 0 aliphatic carbocycles. The van der Waals surface area contributed by atoms with Gasteiger partial charge in [-0.05, 0) is 30.5 Å². The van der Waals surface area contributed by atoms with E-state index in [4.69, 9.17) is 4.74 Å². The Morgan fingerprint density at radius 3 is 2.52 bits per heavy atom. The molecular weight excluding hydrogens is 336 g/mol. The fourth-order valence-electron chi connectivity index (χ4n) is 2.28. The van der Waals surface area contributed by atoms with Crippen molar-refractivity contribution in [3.05, 3.63) is 28.6 Å². The number of ether oxygens (including phenoxy) is 1. The predicted octanol–water partition coefficient (Wildman–Crippen LogP) is 3.86. The maximum atomic E-state index is 12.4. The van der Waals surface area contributed by atoms with E-state index in [1.54, 1.807) is 11.5 Å². The Kier molecular flexibility index (Phi) is 5.83. The van der Waals surface area contributed by atoms with Crippen LogP contribution in [0.25, 0.3) is 10.2 Å². The molecule has 0 N–H and O–H groups in total. The highest BCUT2D eigenvalue weighted by Gasteiger charge is 2.21. The fraction of sp³-hybridized carbons (Fsp3) is 0.526. The van der Waals surface area contributed by atoms with Gasteiger partial charge in [-0.25, -0.2) is 0 Å². The Balaban J connectivity index is 2.63. The van der Waals surface area contributed by atoms with Gasteiger partial charge < -0.3 is 9.30 Å². The van der Waals surface area contributed by atoms with Gasteiger partial charge in [0.2, 0.25) is 0 Å². The number of nitrogens with zero attached hydrogens (tertiary/aromatic N) is 2. The fourth-order valence-corrected chi connectivity index (χ4v) is 3.35. The third-order valence-electron chi connectivity index (χ3n) is 3.80. The van der Waals surface area contributed by atoms with Crippen molar-refractivity contribution >= 4 is 33.4 Å². The molecule has 0 fully saturated rings. The van der Waals surface area contributed by atoms with Crippen molar-refractivity contribution in [1.29, 1.82) is 0 Å². The number of carbonyl (C=O) groups is 2. The van der Waals surface area contributed by atoms with E-state index in [0.717, 1.165) is 10.2 Å². The van der Waals surface area contributed by atoms with Gasteiger partial charge in [0.05, 0.1) is 16.8 Å². The van der Waals surface area contributed by atoms with E-state index in [0.29, 0.717) is 17.3 Å². The number of hydrogen-bond acceptors (Lipinski definition) is 4. The second-order valence-electron chi connectivity index (χ2n) is 7.32. The highest BCUT2D eigenvalue weighted by atomic mass is 32.1. The number of fused-ring (bicyclic) bond motifs is 1. The van der Waals surface area contributed by atoms with Crippen molar-refractivity contribution in [2.24, 2.45) is 10.4 Å². The lowest BCUT2D eigenvalue weighted by Gasteiger charge is -2.12. The molecule has 136 valence electrons. The molecule has 1 heterocycles. The quantitative estimate of drug-likeness (QED) is 0.776. The van der Waals surface area contributed by atoms with Gasteiger partial charge in [0.25, 0.3) is 5.91 Å². The average molecular weight is 362 g/mol. The Hall–Kier alpha value is -1.95. The lowest BCUT2D eigenvalue weighted by Crippen LogP contribution is -2.26. The summed E-state index contributed by atoms with van der Waals surface area (Å²) in [4.78, 5) is 29.2. The number of carbonyl (C=O) groups excluding carboxylic acids is 2. The Morgan fingerprint density at radius 1 is 1.28 bits per heavy atom. The number of hydrogen-bond donors (Lipinski definition) is 0. The molecule has 0 spiro atoms. The van der Waals surface area contributed by atoms with Crippen molar-refractivity contribution in [1.82, 2.24) is 4.57 Å². The smallest absolute Gasteiger partial charge is 0.326 e. The summed E-state index contributed by atoms with van der Waals surface area (Å²) in [5.74, 6) is -0.137. The summed E-state index contributed by atoms with van der Waals surface area (Å²) in [6.07, 6.45) is 0. The molecule has 0 atom stereocenters. The number of amides is 1. The molecule has 6 heteroatoms. The van der Waals surface area contributed by atoms with Crippen LogP contribution in [0.5, 0.6) is 0 Å². The number of benzene rings is 1. The maximum Gasteiger partial charge on any atom is 0.326 e. The zero-order chi connectivity index (χ0) is 18.8. The first kappa shape index (κ1) is 19.4. The van der Waals surface area contributed by atoms with E-state index >= 15 is 0 Å². The van der Waals surface area contributed by atoms with Crippen molar-refractivity contribution < 1.29 is 14.3 Å². The van der Waals surface area contributed by atoms with Gasteiger partial charge in [0.15, 0.2) is 4.80 Å². The molecule has 1 amide bonds. The largest absolute Gasteiger partial charge is 0.465 e. The first-order valence-corrected chi connectivity index (χ1v) is 9.33. The van der Waals surface area contributed by atoms with E-state index in [9.17, 15) is 9.59 Å². The van der Waals surface area contributed by atoms with Crippen molar-refractivity contribution in [3.8, 4) is 0 Å². The highest BCUT2D eigenvalue weighted by Crippen LogP contribution is 2.24. The second kappa shape index (κ2) is 7.52. The zero-order valence-electron chi connectivity index (χ0n) is 15.8. The van der Waals surface area contributed by atoms with Crippen LogP contribution in [0.1, 0.15) is 53.0 Å². The molecule has 2 aromatic rings. The van der Waals surface area contributed by atoms with Crippen molar-refractivity contribution in [2.45, 2.75) is 54.0 Å². The normalized spacial score (nSPS) is 12.8. The van der Waals surface area contributed by atoms with Gasteiger partial charge in [-0.3, -0.25) is 9.59 Å². The summed E-state index contributed by atoms with van der Waals surface area (Å²) >= 11 is 1.43. The molecule has 1 aromatic carbocycles. The van der Waals surface area contributed by atoms with Crippen LogP contribution in [-0.4, -0.2) is 23.1 Å². The Morgan fingerprint density at radius 2 is 1.96 bits per heavy atom. The minimum atomic E-state index is -0.568. The van der Waals surface area contributed by atoms with Gasteiger partial charge in [-0.2, -0.15) is 4.99 Å². The topological polar surface area (TPSA) is 60.7 Å². The molecule has 0 aliphatic heterocycles.